The molecular formula is C14H12F3N5O5. The maximum Gasteiger partial charge on any atom is 0.430 e. The largest absolute Gasteiger partial charge is 0.542 e. The van der Waals surface area contributed by atoms with Gasteiger partial charge in [0.1, 0.15) is 18.7 Å². The summed E-state index contributed by atoms with van der Waals surface area (Å²) in [6.45, 7) is -0.453. The van der Waals surface area contributed by atoms with E-state index < -0.39 is 30.6 Å². The number of hydrogen-bond donors (Lipinski definition) is 2. The van der Waals surface area contributed by atoms with Gasteiger partial charge in [0, 0.05) is 24.0 Å². The van der Waals surface area contributed by atoms with Gasteiger partial charge < -0.3 is 20.3 Å². The number of carboxylic acids is 2. The van der Waals surface area contributed by atoms with Crippen LogP contribution in [-0.4, -0.2) is 50.7 Å². The van der Waals surface area contributed by atoms with Crippen molar-refractivity contribution in [3.8, 4) is 11.3 Å². The molecular weight excluding hydrogens is 375 g/mol. The van der Waals surface area contributed by atoms with Gasteiger partial charge in [-0.15, -0.1) is 0 Å². The third-order valence-corrected chi connectivity index (χ3v) is 2.60. The fraction of sp³-hybridized carbons (Fsp3) is 0.214. The molecule has 13 heteroatoms. The van der Waals surface area contributed by atoms with E-state index in [-0.39, 0.29) is 6.54 Å². The molecule has 0 unspecified atom stereocenters. The molecule has 0 aliphatic carbocycles. The molecule has 27 heavy (non-hydrogen) atoms. The lowest BCUT2D eigenvalue weighted by molar-refractivity contribution is -0.742. The molecule has 0 fully saturated rings. The molecule has 0 spiro atoms. The van der Waals surface area contributed by atoms with Gasteiger partial charge in [-0.1, -0.05) is 4.68 Å². The fourth-order valence-electron chi connectivity index (χ4n) is 1.45. The van der Waals surface area contributed by atoms with E-state index in [0.29, 0.717) is 5.69 Å². The van der Waals surface area contributed by atoms with Gasteiger partial charge in [-0.2, -0.15) is 13.2 Å². The van der Waals surface area contributed by atoms with Crippen LogP contribution in [0.25, 0.3) is 11.3 Å². The van der Waals surface area contributed by atoms with Gasteiger partial charge in [-0.3, -0.25) is 19.6 Å². The highest BCUT2D eigenvalue weighted by atomic mass is 19.4. The van der Waals surface area contributed by atoms with Gasteiger partial charge >= 0.3 is 12.1 Å². The van der Waals surface area contributed by atoms with Crippen molar-refractivity contribution >= 4 is 17.8 Å². The Morgan fingerprint density at radius 1 is 1.22 bits per heavy atom. The molecule has 10 nitrogen and oxygen atoms in total. The molecule has 2 aromatic rings. The highest BCUT2D eigenvalue weighted by Gasteiger charge is 2.28. The lowest BCUT2D eigenvalue weighted by atomic mass is 10.2. The Balaban J connectivity index is 0.000000445. The zero-order valence-corrected chi connectivity index (χ0v) is 13.4. The number of amides is 1. The van der Waals surface area contributed by atoms with E-state index in [0.717, 1.165) is 5.56 Å². The average molecular weight is 387 g/mol. The van der Waals surface area contributed by atoms with Crippen molar-refractivity contribution in [1.82, 2.24) is 20.4 Å². The minimum atomic E-state index is -5.19. The Labute approximate surface area is 149 Å². The van der Waals surface area contributed by atoms with Crippen LogP contribution >= 0.6 is 0 Å². The highest BCUT2D eigenvalue weighted by molar-refractivity contribution is 5.80. The lowest BCUT2D eigenvalue weighted by Gasteiger charge is -2.03. The SMILES string of the molecule is O=C(O)CNC(=O)C[n+]1ccc(-c2cnccn2)cn1.O=C([O-])C(F)(F)F. The standard InChI is InChI=1S/C12H11N5O3.C2HF3O2/c18-11(15-7-12(19)20)8-17-4-1-9(5-16-17)10-6-13-2-3-14-10;3-2(4,5)1(6)7/h1-6H,7-8H2,(H-,15,18,19,20);(H,6,7). The van der Waals surface area contributed by atoms with E-state index in [2.05, 4.69) is 20.4 Å². The number of alkyl halides is 3. The first-order chi connectivity index (χ1) is 12.6. The Kier molecular flexibility index (Phi) is 7.72. The molecule has 0 aliphatic heterocycles. The fourth-order valence-corrected chi connectivity index (χ4v) is 1.45. The number of nitrogens with zero attached hydrogens (tertiary/aromatic N) is 4. The number of rotatable bonds is 5. The van der Waals surface area contributed by atoms with Crippen LogP contribution in [0.3, 0.4) is 0 Å². The normalized spacial score (nSPS) is 10.3. The first-order valence-corrected chi connectivity index (χ1v) is 6.98. The van der Waals surface area contributed by atoms with Crippen LogP contribution < -0.4 is 15.1 Å². The van der Waals surface area contributed by atoms with Gasteiger partial charge in [0.2, 0.25) is 0 Å². The molecule has 0 saturated heterocycles. The Hall–Kier alpha value is -3.64. The minimum Gasteiger partial charge on any atom is -0.542 e. The molecule has 144 valence electrons. The number of aromatic nitrogens is 4. The molecule has 0 saturated carbocycles. The number of halogens is 3. The Bertz CT molecular complexity index is 784. The molecule has 1 amide bonds. The summed E-state index contributed by atoms with van der Waals surface area (Å²) in [6.07, 6.45) is 2.75. The topological polar surface area (TPSA) is 149 Å². The lowest BCUT2D eigenvalue weighted by Crippen LogP contribution is -2.46. The van der Waals surface area contributed by atoms with Crippen LogP contribution in [0.5, 0.6) is 0 Å². The summed E-state index contributed by atoms with van der Waals surface area (Å²) >= 11 is 0. The second-order valence-electron chi connectivity index (χ2n) is 4.66. The van der Waals surface area contributed by atoms with Crippen LogP contribution in [0.4, 0.5) is 13.2 Å². The first kappa shape index (κ1) is 21.4. The maximum atomic E-state index is 11.4. The summed E-state index contributed by atoms with van der Waals surface area (Å²) in [5, 5.41) is 23.5. The maximum absolute atomic E-state index is 11.4. The molecule has 2 N–H and O–H groups in total. The summed E-state index contributed by atoms with van der Waals surface area (Å²) in [6, 6.07) is 1.75. The number of nitrogens with one attached hydrogen (secondary N) is 1. The van der Waals surface area contributed by atoms with E-state index in [9.17, 15) is 22.8 Å². The molecule has 2 rings (SSSR count). The number of carbonyl (C=O) groups is 3. The van der Waals surface area contributed by atoms with E-state index in [1.54, 1.807) is 37.1 Å². The molecule has 0 aromatic carbocycles. The zero-order chi connectivity index (χ0) is 20.4. The van der Waals surface area contributed by atoms with Crippen LogP contribution in [0.2, 0.25) is 0 Å². The van der Waals surface area contributed by atoms with Crippen molar-refractivity contribution < 1.29 is 42.4 Å². The third-order valence-electron chi connectivity index (χ3n) is 2.60. The van der Waals surface area contributed by atoms with Gasteiger partial charge in [0.25, 0.3) is 12.5 Å². The van der Waals surface area contributed by atoms with Crippen LogP contribution in [0, 0.1) is 0 Å². The van der Waals surface area contributed by atoms with Crippen molar-refractivity contribution in [3.05, 3.63) is 37.1 Å². The van der Waals surface area contributed by atoms with Crippen LogP contribution in [0.15, 0.2) is 37.1 Å². The second-order valence-corrected chi connectivity index (χ2v) is 4.66. The summed E-state index contributed by atoms with van der Waals surface area (Å²) in [5.41, 5.74) is 1.46. The van der Waals surface area contributed by atoms with Crippen molar-refractivity contribution in [2.45, 2.75) is 12.7 Å². The number of aliphatic carboxylic acids is 2. The number of hydrogen-bond acceptors (Lipinski definition) is 7. The molecule has 0 atom stereocenters. The van der Waals surface area contributed by atoms with E-state index in [1.165, 1.54) is 4.68 Å². The molecule has 2 aromatic heterocycles. The predicted octanol–water partition coefficient (Wildman–Crippen LogP) is -1.67. The van der Waals surface area contributed by atoms with Gasteiger partial charge in [0.15, 0.2) is 6.20 Å². The van der Waals surface area contributed by atoms with Gasteiger partial charge in [-0.05, 0) is 5.10 Å². The zero-order valence-electron chi connectivity index (χ0n) is 13.4. The highest BCUT2D eigenvalue weighted by Crippen LogP contribution is 2.12. The van der Waals surface area contributed by atoms with Gasteiger partial charge in [-0.25, -0.2) is 0 Å². The van der Waals surface area contributed by atoms with Gasteiger partial charge in [0.05, 0.1) is 11.9 Å². The molecule has 0 radical (unpaired) electrons. The van der Waals surface area contributed by atoms with E-state index >= 15 is 0 Å². The smallest absolute Gasteiger partial charge is 0.430 e. The third kappa shape index (κ3) is 8.33. The van der Waals surface area contributed by atoms with Crippen molar-refractivity contribution in [1.29, 1.82) is 0 Å². The Morgan fingerprint density at radius 2 is 1.89 bits per heavy atom. The van der Waals surface area contributed by atoms with Crippen LogP contribution in [0.1, 0.15) is 0 Å². The quantitative estimate of drug-likeness (QED) is 0.578. The molecule has 2 heterocycles. The summed E-state index contributed by atoms with van der Waals surface area (Å²) in [5.74, 6) is -4.51. The second kappa shape index (κ2) is 9.74. The summed E-state index contributed by atoms with van der Waals surface area (Å²) in [7, 11) is 0. The monoisotopic (exact) mass is 387 g/mol. The van der Waals surface area contributed by atoms with Crippen molar-refractivity contribution in [2.75, 3.05) is 6.54 Å². The van der Waals surface area contributed by atoms with Crippen molar-refractivity contribution in [3.63, 3.8) is 0 Å². The Morgan fingerprint density at radius 3 is 2.33 bits per heavy atom. The minimum absolute atomic E-state index is 0.0476. The average Bonchev–Trinajstić information content (AvgIpc) is 2.61. The first-order valence-electron chi connectivity index (χ1n) is 6.98. The number of carbonyl (C=O) groups excluding carboxylic acids is 2. The van der Waals surface area contributed by atoms with E-state index in [1.807, 2.05) is 0 Å². The van der Waals surface area contributed by atoms with Crippen LogP contribution in [-0.2, 0) is 20.9 Å². The van der Waals surface area contributed by atoms with Crippen molar-refractivity contribution in [2.24, 2.45) is 0 Å². The summed E-state index contributed by atoms with van der Waals surface area (Å²) < 4.78 is 32.9. The van der Waals surface area contributed by atoms with E-state index in [4.69, 9.17) is 15.0 Å². The molecule has 0 bridgehead atoms. The number of carboxylic acid groups (broad SMARTS) is 2. The summed E-state index contributed by atoms with van der Waals surface area (Å²) in [4.78, 5) is 38.6. The molecule has 0 aliphatic rings. The predicted molar refractivity (Wildman–Crippen MR) is 77.2 cm³/mol.